The Kier molecular flexibility index (Phi) is 8.87. The molecule has 2 aliphatic heterocycles. The highest BCUT2D eigenvalue weighted by Gasteiger charge is 2.41. The molecule has 0 saturated carbocycles. The molecule has 208 valence electrons. The number of hydrogen-bond donors (Lipinski definition) is 1. The van der Waals surface area contributed by atoms with Gasteiger partial charge >= 0.3 is 0 Å². The second kappa shape index (κ2) is 12.3. The summed E-state index contributed by atoms with van der Waals surface area (Å²) in [6.07, 6.45) is 2.19. The molecule has 0 bridgehead atoms. The summed E-state index contributed by atoms with van der Waals surface area (Å²) in [4.78, 5) is 18.5. The predicted octanol–water partition coefficient (Wildman–Crippen LogP) is 3.87. The molecule has 2 saturated heterocycles. The summed E-state index contributed by atoms with van der Waals surface area (Å²) in [6, 6.07) is 10.5. The molecule has 0 spiro atoms. The average Bonchev–Trinajstić information content (AvgIpc) is 3.46. The average molecular weight is 577 g/mol. The van der Waals surface area contributed by atoms with Crippen LogP contribution in [-0.4, -0.2) is 79.0 Å². The van der Waals surface area contributed by atoms with Gasteiger partial charge in [0, 0.05) is 52.6 Å². The molecule has 2 atom stereocenters. The standard InChI is InChI=1S/C27H30F2N4O4S2/c1-18(27(35,15-33-17-30-16-31-33)23-7-6-21(28)12-24(23)29)39-22-13-36-26(37-14-22)20-4-2-19(3-5-20)25(34)32-8-10-38-11-9-32/h2-7,12,16-18,22,26,35H,8-11,13-15H2,1H3/t18-,22?,26?,27-/m1/s1. The van der Waals surface area contributed by atoms with Crippen molar-refractivity contribution in [3.63, 3.8) is 0 Å². The summed E-state index contributed by atoms with van der Waals surface area (Å²) >= 11 is 3.26. The van der Waals surface area contributed by atoms with E-state index >= 15 is 0 Å². The summed E-state index contributed by atoms with van der Waals surface area (Å²) in [6.45, 7) is 3.93. The first kappa shape index (κ1) is 28.0. The summed E-state index contributed by atoms with van der Waals surface area (Å²) in [5.41, 5.74) is -0.271. The predicted molar refractivity (Wildman–Crippen MR) is 145 cm³/mol. The third kappa shape index (κ3) is 6.46. The second-order valence-electron chi connectivity index (χ2n) is 9.57. The molecule has 12 heteroatoms. The van der Waals surface area contributed by atoms with Crippen molar-refractivity contribution < 1.29 is 28.2 Å². The number of rotatable bonds is 8. The molecular formula is C27H30F2N4O4S2. The maximum Gasteiger partial charge on any atom is 0.253 e. The number of benzene rings is 2. The van der Waals surface area contributed by atoms with Gasteiger partial charge in [-0.25, -0.2) is 18.4 Å². The highest BCUT2D eigenvalue weighted by Crippen LogP contribution is 2.39. The molecule has 0 unspecified atom stereocenters. The third-order valence-corrected chi connectivity index (χ3v) is 9.33. The van der Waals surface area contributed by atoms with Crippen LogP contribution in [0.2, 0.25) is 0 Å². The zero-order valence-corrected chi connectivity index (χ0v) is 23.0. The van der Waals surface area contributed by atoms with Gasteiger partial charge in [0.1, 0.15) is 29.9 Å². The molecule has 1 aromatic heterocycles. The molecule has 2 fully saturated rings. The van der Waals surface area contributed by atoms with Gasteiger partial charge in [0.25, 0.3) is 5.91 Å². The van der Waals surface area contributed by atoms with Gasteiger partial charge in [-0.05, 0) is 18.2 Å². The monoisotopic (exact) mass is 576 g/mol. The molecule has 3 aromatic rings. The maximum atomic E-state index is 14.8. The van der Waals surface area contributed by atoms with Crippen molar-refractivity contribution in [3.8, 4) is 0 Å². The van der Waals surface area contributed by atoms with Crippen molar-refractivity contribution in [2.45, 2.75) is 35.9 Å². The Hall–Kier alpha value is -2.51. The maximum absolute atomic E-state index is 14.8. The lowest BCUT2D eigenvalue weighted by Crippen LogP contribution is -2.43. The van der Waals surface area contributed by atoms with Crippen LogP contribution in [0.5, 0.6) is 0 Å². The van der Waals surface area contributed by atoms with Gasteiger partial charge < -0.3 is 19.5 Å². The summed E-state index contributed by atoms with van der Waals surface area (Å²) in [5, 5.41) is 15.1. The Labute approximate surface area is 234 Å². The number of amides is 1. The van der Waals surface area contributed by atoms with E-state index in [-0.39, 0.29) is 23.3 Å². The van der Waals surface area contributed by atoms with E-state index < -0.39 is 28.8 Å². The minimum atomic E-state index is -1.71. The van der Waals surface area contributed by atoms with Crippen molar-refractivity contribution in [2.75, 3.05) is 37.8 Å². The van der Waals surface area contributed by atoms with E-state index in [1.807, 2.05) is 28.8 Å². The van der Waals surface area contributed by atoms with E-state index in [9.17, 15) is 18.7 Å². The zero-order valence-electron chi connectivity index (χ0n) is 21.4. The molecule has 1 N–H and O–H groups in total. The lowest BCUT2D eigenvalue weighted by atomic mass is 9.90. The smallest absolute Gasteiger partial charge is 0.253 e. The second-order valence-corrected chi connectivity index (χ2v) is 12.4. The van der Waals surface area contributed by atoms with Gasteiger partial charge in [-0.2, -0.15) is 16.9 Å². The number of thioether (sulfide) groups is 2. The Bertz CT molecular complexity index is 1250. The molecule has 3 heterocycles. The number of hydrogen-bond acceptors (Lipinski definition) is 8. The van der Waals surface area contributed by atoms with Crippen molar-refractivity contribution >= 4 is 29.4 Å². The van der Waals surface area contributed by atoms with Gasteiger partial charge in [0.15, 0.2) is 6.29 Å². The number of aliphatic hydroxyl groups is 1. The normalized spacial score (nSPS) is 22.3. The van der Waals surface area contributed by atoms with E-state index in [4.69, 9.17) is 9.47 Å². The molecule has 39 heavy (non-hydrogen) atoms. The van der Waals surface area contributed by atoms with E-state index in [0.717, 1.165) is 42.3 Å². The van der Waals surface area contributed by atoms with Crippen LogP contribution in [0.1, 0.15) is 34.7 Å². The van der Waals surface area contributed by atoms with E-state index in [0.29, 0.717) is 18.8 Å². The third-order valence-electron chi connectivity index (χ3n) is 6.93. The quantitative estimate of drug-likeness (QED) is 0.433. The molecule has 1 amide bonds. The van der Waals surface area contributed by atoms with Gasteiger partial charge in [-0.15, -0.1) is 11.8 Å². The van der Waals surface area contributed by atoms with Crippen LogP contribution in [0.3, 0.4) is 0 Å². The molecule has 5 rings (SSSR count). The fraction of sp³-hybridized carbons (Fsp3) is 0.444. The van der Waals surface area contributed by atoms with Crippen molar-refractivity contribution in [1.29, 1.82) is 0 Å². The first-order chi connectivity index (χ1) is 18.8. The van der Waals surface area contributed by atoms with Gasteiger partial charge in [0.2, 0.25) is 0 Å². The van der Waals surface area contributed by atoms with Crippen LogP contribution < -0.4 is 0 Å². The lowest BCUT2D eigenvalue weighted by molar-refractivity contribution is -0.180. The van der Waals surface area contributed by atoms with Crippen LogP contribution in [0.4, 0.5) is 8.78 Å². The fourth-order valence-electron chi connectivity index (χ4n) is 4.72. The van der Waals surface area contributed by atoms with Gasteiger partial charge in [-0.3, -0.25) is 4.79 Å². The van der Waals surface area contributed by atoms with Crippen LogP contribution in [0.25, 0.3) is 0 Å². The lowest BCUT2D eigenvalue weighted by Gasteiger charge is -2.37. The number of halogens is 2. The van der Waals surface area contributed by atoms with Crippen LogP contribution in [0.15, 0.2) is 55.1 Å². The van der Waals surface area contributed by atoms with Crippen LogP contribution in [-0.2, 0) is 21.6 Å². The SMILES string of the molecule is C[C@@H](SC1COC(c2ccc(C(=O)N3CCSCC3)cc2)OC1)[C@](O)(Cn1cncn1)c1ccc(F)cc1F. The van der Waals surface area contributed by atoms with Gasteiger partial charge in [0.05, 0.1) is 25.0 Å². The topological polar surface area (TPSA) is 89.7 Å². The van der Waals surface area contributed by atoms with Crippen LogP contribution >= 0.6 is 23.5 Å². The van der Waals surface area contributed by atoms with Crippen LogP contribution in [0, 0.1) is 11.6 Å². The number of aromatic nitrogens is 3. The summed E-state index contributed by atoms with van der Waals surface area (Å²) < 4.78 is 41.8. The Morgan fingerprint density at radius 2 is 1.90 bits per heavy atom. The Balaban J connectivity index is 1.21. The molecule has 0 radical (unpaired) electrons. The highest BCUT2D eigenvalue weighted by atomic mass is 32.2. The highest BCUT2D eigenvalue weighted by molar-refractivity contribution is 8.00. The number of ether oxygens (including phenoxy) is 2. The number of nitrogens with zero attached hydrogens (tertiary/aromatic N) is 4. The molecular weight excluding hydrogens is 546 g/mol. The number of carbonyl (C=O) groups excluding carboxylic acids is 1. The Morgan fingerprint density at radius 3 is 2.54 bits per heavy atom. The zero-order chi connectivity index (χ0) is 27.4. The van der Waals surface area contributed by atoms with Gasteiger partial charge in [-0.1, -0.05) is 25.1 Å². The largest absolute Gasteiger partial charge is 0.382 e. The molecule has 0 aliphatic carbocycles. The van der Waals surface area contributed by atoms with Crippen molar-refractivity contribution in [2.24, 2.45) is 0 Å². The first-order valence-corrected chi connectivity index (χ1v) is 14.8. The summed E-state index contributed by atoms with van der Waals surface area (Å²) in [5.74, 6) is 0.406. The van der Waals surface area contributed by atoms with E-state index in [2.05, 4.69) is 10.1 Å². The first-order valence-electron chi connectivity index (χ1n) is 12.7. The fourth-order valence-corrected chi connectivity index (χ4v) is 6.95. The summed E-state index contributed by atoms with van der Waals surface area (Å²) in [7, 11) is 0. The minimum absolute atomic E-state index is 0.0205. The number of carbonyl (C=O) groups is 1. The Morgan fingerprint density at radius 1 is 1.18 bits per heavy atom. The molecule has 8 nitrogen and oxygen atoms in total. The van der Waals surface area contributed by atoms with E-state index in [1.54, 1.807) is 19.1 Å². The van der Waals surface area contributed by atoms with Crippen molar-refractivity contribution in [1.82, 2.24) is 19.7 Å². The van der Waals surface area contributed by atoms with E-state index in [1.165, 1.54) is 35.2 Å². The van der Waals surface area contributed by atoms with Crippen molar-refractivity contribution in [3.05, 3.63) is 83.4 Å². The minimum Gasteiger partial charge on any atom is -0.382 e. The molecule has 2 aromatic carbocycles. The molecule has 2 aliphatic rings.